The van der Waals surface area contributed by atoms with Crippen molar-refractivity contribution in [1.82, 2.24) is 15.5 Å². The monoisotopic (exact) mass is 237 g/mol. The second-order valence-corrected chi connectivity index (χ2v) is 3.51. The topological polar surface area (TPSA) is 60.2 Å². The van der Waals surface area contributed by atoms with Gasteiger partial charge >= 0.3 is 6.18 Å². The zero-order valence-electron chi connectivity index (χ0n) is 8.41. The Morgan fingerprint density at radius 1 is 1.50 bits per heavy atom. The molecule has 8 heteroatoms. The van der Waals surface area contributed by atoms with Gasteiger partial charge in [0.2, 0.25) is 5.89 Å². The van der Waals surface area contributed by atoms with Crippen LogP contribution in [0.1, 0.15) is 24.2 Å². The molecule has 2 rings (SSSR count). The molecule has 0 bridgehead atoms. The highest BCUT2D eigenvalue weighted by molar-refractivity contribution is 4.99. The summed E-state index contributed by atoms with van der Waals surface area (Å²) in [6.45, 7) is 0.560. The minimum Gasteiger partial charge on any atom is -0.380 e. The van der Waals surface area contributed by atoms with E-state index in [9.17, 15) is 13.2 Å². The van der Waals surface area contributed by atoms with Crippen molar-refractivity contribution < 1.29 is 22.4 Å². The maximum atomic E-state index is 12.2. The van der Waals surface area contributed by atoms with Crippen LogP contribution in [0.3, 0.4) is 0 Å². The van der Waals surface area contributed by atoms with Gasteiger partial charge in [-0.1, -0.05) is 5.16 Å². The van der Waals surface area contributed by atoms with Crippen LogP contribution in [0.25, 0.3) is 0 Å². The maximum absolute atomic E-state index is 12.2. The summed E-state index contributed by atoms with van der Waals surface area (Å²) in [6.07, 6.45) is -4.08. The number of rotatable bonds is 2. The quantitative estimate of drug-likeness (QED) is 0.835. The molecule has 0 amide bonds. The van der Waals surface area contributed by atoms with Gasteiger partial charge in [0.1, 0.15) is 0 Å². The van der Waals surface area contributed by atoms with Crippen molar-refractivity contribution in [2.24, 2.45) is 0 Å². The predicted octanol–water partition coefficient (Wildman–Crippen LogP) is 1.14. The van der Waals surface area contributed by atoms with Gasteiger partial charge in [-0.2, -0.15) is 18.2 Å². The zero-order valence-corrected chi connectivity index (χ0v) is 8.41. The van der Waals surface area contributed by atoms with Crippen LogP contribution in [0.5, 0.6) is 0 Å². The lowest BCUT2D eigenvalue weighted by Gasteiger charge is -2.04. The average Bonchev–Trinajstić information content (AvgIpc) is 2.85. The molecule has 1 aliphatic heterocycles. The molecule has 5 nitrogen and oxygen atoms in total. The first-order valence-corrected chi connectivity index (χ1v) is 4.67. The Hall–Kier alpha value is -1.15. The van der Waals surface area contributed by atoms with Crippen molar-refractivity contribution in [3.63, 3.8) is 0 Å². The lowest BCUT2D eigenvalue weighted by molar-refractivity contribution is -0.146. The predicted molar refractivity (Wildman–Crippen MR) is 45.5 cm³/mol. The van der Waals surface area contributed by atoms with Crippen molar-refractivity contribution in [1.29, 1.82) is 0 Å². The molecule has 16 heavy (non-hydrogen) atoms. The maximum Gasteiger partial charge on any atom is 0.455 e. The van der Waals surface area contributed by atoms with Crippen molar-refractivity contribution in [3.8, 4) is 0 Å². The third-order valence-electron chi connectivity index (χ3n) is 2.42. The molecule has 0 unspecified atom stereocenters. The second-order valence-electron chi connectivity index (χ2n) is 3.51. The largest absolute Gasteiger partial charge is 0.455 e. The van der Waals surface area contributed by atoms with E-state index >= 15 is 0 Å². The van der Waals surface area contributed by atoms with Crippen molar-refractivity contribution in [2.75, 3.05) is 13.7 Å². The Balaban J connectivity index is 2.08. The molecule has 1 N–H and O–H groups in total. The fraction of sp³-hybridized carbons (Fsp3) is 0.750. The summed E-state index contributed by atoms with van der Waals surface area (Å²) < 4.78 is 46.2. The highest BCUT2D eigenvalue weighted by Gasteiger charge is 2.39. The number of aromatic nitrogens is 2. The average molecular weight is 237 g/mol. The van der Waals surface area contributed by atoms with E-state index in [0.717, 1.165) is 0 Å². The molecule has 2 atom stereocenters. The first-order chi connectivity index (χ1) is 7.50. The summed E-state index contributed by atoms with van der Waals surface area (Å²) in [5, 5.41) is 5.84. The lowest BCUT2D eigenvalue weighted by Crippen LogP contribution is -2.16. The molecule has 1 fully saturated rings. The van der Waals surface area contributed by atoms with Gasteiger partial charge in [0.05, 0.1) is 12.1 Å². The van der Waals surface area contributed by atoms with Crippen LogP contribution in [0, 0.1) is 0 Å². The number of alkyl halides is 3. The molecule has 0 aliphatic carbocycles. The first-order valence-electron chi connectivity index (χ1n) is 4.67. The third kappa shape index (κ3) is 2.17. The van der Waals surface area contributed by atoms with Gasteiger partial charge in [0, 0.05) is 13.7 Å². The minimum absolute atomic E-state index is 0.0359. The third-order valence-corrected chi connectivity index (χ3v) is 2.42. The van der Waals surface area contributed by atoms with Crippen molar-refractivity contribution >= 4 is 0 Å². The van der Waals surface area contributed by atoms with Gasteiger partial charge in [-0.3, -0.25) is 0 Å². The van der Waals surface area contributed by atoms with E-state index in [1.165, 1.54) is 0 Å². The number of methoxy groups -OCH3 is 1. The molecule has 0 aromatic carbocycles. The van der Waals surface area contributed by atoms with Crippen LogP contribution in [-0.4, -0.2) is 29.9 Å². The molecule has 1 saturated heterocycles. The summed E-state index contributed by atoms with van der Waals surface area (Å²) in [4.78, 5) is 3.31. The van der Waals surface area contributed by atoms with E-state index in [0.29, 0.717) is 13.0 Å². The lowest BCUT2D eigenvalue weighted by atomic mass is 10.2. The van der Waals surface area contributed by atoms with E-state index in [1.807, 2.05) is 0 Å². The van der Waals surface area contributed by atoms with Crippen LogP contribution in [0.4, 0.5) is 13.2 Å². The van der Waals surface area contributed by atoms with Gasteiger partial charge in [0.25, 0.3) is 5.82 Å². The number of hydrogen-bond acceptors (Lipinski definition) is 5. The molecule has 0 spiro atoms. The Morgan fingerprint density at radius 2 is 2.25 bits per heavy atom. The normalized spacial score (nSPS) is 26.2. The zero-order chi connectivity index (χ0) is 11.8. The number of ether oxygens (including phenoxy) is 1. The van der Waals surface area contributed by atoms with Crippen LogP contribution in [0.2, 0.25) is 0 Å². The summed E-state index contributed by atoms with van der Waals surface area (Å²) in [5.74, 6) is -1.29. The van der Waals surface area contributed by atoms with E-state index < -0.39 is 12.0 Å². The summed E-state index contributed by atoms with van der Waals surface area (Å²) in [7, 11) is 1.55. The molecule has 2 heterocycles. The highest BCUT2D eigenvalue weighted by atomic mass is 19.4. The molecule has 1 aromatic heterocycles. The fourth-order valence-corrected chi connectivity index (χ4v) is 1.56. The Morgan fingerprint density at radius 3 is 2.75 bits per heavy atom. The molecular formula is C8H10F3N3O2. The fourth-order valence-electron chi connectivity index (χ4n) is 1.56. The van der Waals surface area contributed by atoms with Gasteiger partial charge < -0.3 is 14.6 Å². The molecule has 1 aromatic rings. The molecule has 0 saturated carbocycles. The van der Waals surface area contributed by atoms with Gasteiger partial charge in [-0.25, -0.2) is 0 Å². The van der Waals surface area contributed by atoms with Crippen molar-refractivity contribution in [3.05, 3.63) is 11.7 Å². The first kappa shape index (κ1) is 11.3. The smallest absolute Gasteiger partial charge is 0.380 e. The number of hydrogen-bond donors (Lipinski definition) is 1. The Bertz CT molecular complexity index is 366. The van der Waals surface area contributed by atoms with Crippen LogP contribution >= 0.6 is 0 Å². The number of halogens is 3. The van der Waals surface area contributed by atoms with Crippen LogP contribution < -0.4 is 5.32 Å². The molecule has 0 radical (unpaired) electrons. The van der Waals surface area contributed by atoms with Gasteiger partial charge in [-0.05, 0) is 6.42 Å². The second kappa shape index (κ2) is 4.02. The Labute approximate surface area is 89.0 Å². The van der Waals surface area contributed by atoms with Crippen molar-refractivity contribution in [2.45, 2.75) is 24.7 Å². The van der Waals surface area contributed by atoms with Crippen LogP contribution in [-0.2, 0) is 10.9 Å². The summed E-state index contributed by atoms with van der Waals surface area (Å²) in [6, 6.07) is -0.367. The highest BCUT2D eigenvalue weighted by Crippen LogP contribution is 2.29. The Kier molecular flexibility index (Phi) is 2.85. The minimum atomic E-state index is -4.57. The SMILES string of the molecule is CO[C@@H]1CN[C@@H](c2nc(C(F)(F)F)no2)C1. The van der Waals surface area contributed by atoms with E-state index in [-0.39, 0.29) is 18.0 Å². The van der Waals surface area contributed by atoms with Gasteiger partial charge in [0.15, 0.2) is 0 Å². The number of nitrogens with one attached hydrogen (secondary N) is 1. The summed E-state index contributed by atoms with van der Waals surface area (Å²) in [5.41, 5.74) is 0. The standard InChI is InChI=1S/C8H10F3N3O2/c1-15-4-2-5(12-3-4)6-13-7(14-16-6)8(9,10)11/h4-5,12H,2-3H2,1H3/t4-,5+/m0/s1. The molecular weight excluding hydrogens is 227 g/mol. The summed E-state index contributed by atoms with van der Waals surface area (Å²) >= 11 is 0. The molecule has 90 valence electrons. The van der Waals surface area contributed by atoms with Gasteiger partial charge in [-0.15, -0.1) is 0 Å². The molecule has 1 aliphatic rings. The number of nitrogens with zero attached hydrogens (tertiary/aromatic N) is 2. The van der Waals surface area contributed by atoms with E-state index in [1.54, 1.807) is 7.11 Å². The van der Waals surface area contributed by atoms with E-state index in [4.69, 9.17) is 4.74 Å². The van der Waals surface area contributed by atoms with E-state index in [2.05, 4.69) is 20.0 Å². The van der Waals surface area contributed by atoms with Crippen LogP contribution in [0.15, 0.2) is 4.52 Å².